The maximum atomic E-state index is 9.03. The third-order valence-corrected chi connectivity index (χ3v) is 3.16. The molecule has 1 aromatic carbocycles. The average Bonchev–Trinajstić information content (AvgIpc) is 2.90. The molecule has 0 spiro atoms. The Balaban J connectivity index is 1.92. The summed E-state index contributed by atoms with van der Waals surface area (Å²) in [5.74, 6) is 0. The second kappa shape index (κ2) is 5.15. The number of pyridine rings is 1. The number of nitrogens with zero attached hydrogens (tertiary/aromatic N) is 4. The van der Waals surface area contributed by atoms with E-state index in [4.69, 9.17) is 10.3 Å². The van der Waals surface area contributed by atoms with Crippen LogP contribution in [0.2, 0.25) is 0 Å². The van der Waals surface area contributed by atoms with Crippen molar-refractivity contribution in [3.63, 3.8) is 0 Å². The van der Waals surface area contributed by atoms with Crippen molar-refractivity contribution >= 4 is 24.1 Å². The zero-order valence-corrected chi connectivity index (χ0v) is 10.7. The van der Waals surface area contributed by atoms with Crippen LogP contribution in [0.15, 0.2) is 42.7 Å². The smallest absolute Gasteiger partial charge is 0.304 e. The van der Waals surface area contributed by atoms with Crippen LogP contribution in [-0.4, -0.2) is 27.0 Å². The number of hydrogen-bond acceptors (Lipinski definition) is 4. The minimum Gasteiger partial charge on any atom is -0.449 e. The Hall–Kier alpha value is -2.65. The Morgan fingerprint density at radius 1 is 1.20 bits per heavy atom. The van der Waals surface area contributed by atoms with E-state index >= 15 is 0 Å². The predicted molar refractivity (Wildman–Crippen MR) is 76.8 cm³/mol. The van der Waals surface area contributed by atoms with Crippen molar-refractivity contribution in [2.24, 2.45) is 0 Å². The van der Waals surface area contributed by atoms with E-state index in [1.54, 1.807) is 12.4 Å². The molecule has 0 fully saturated rings. The largest absolute Gasteiger partial charge is 0.449 e. The van der Waals surface area contributed by atoms with Crippen LogP contribution in [0.25, 0.3) is 11.2 Å². The van der Waals surface area contributed by atoms with Crippen LogP contribution in [0.1, 0.15) is 11.3 Å². The fourth-order valence-electron chi connectivity index (χ4n) is 2.08. The van der Waals surface area contributed by atoms with E-state index in [9.17, 15) is 0 Å². The van der Waals surface area contributed by atoms with E-state index in [0.717, 1.165) is 16.5 Å². The summed E-state index contributed by atoms with van der Waals surface area (Å²) in [6.45, 7) is 0.676. The summed E-state index contributed by atoms with van der Waals surface area (Å²) in [4.78, 5) is 8.38. The predicted octanol–water partition coefficient (Wildman–Crippen LogP) is 0.320. The summed E-state index contributed by atoms with van der Waals surface area (Å²) < 4.78 is 1.98. The van der Waals surface area contributed by atoms with Crippen molar-refractivity contribution in [3.05, 3.63) is 54.0 Å². The maximum absolute atomic E-state index is 9.03. The standard InChI is InChI=1S/C14H11BN4O/c16-7-12-5-6-13-14(18-12)17-9-19(13)8-10-1-3-11(15-20)4-2-10/h1-6,9,15,20H,8H2. The van der Waals surface area contributed by atoms with Gasteiger partial charge in [-0.3, -0.25) is 0 Å². The van der Waals surface area contributed by atoms with Crippen LogP contribution >= 0.6 is 0 Å². The zero-order chi connectivity index (χ0) is 13.9. The van der Waals surface area contributed by atoms with Crippen molar-refractivity contribution in [1.29, 1.82) is 5.26 Å². The van der Waals surface area contributed by atoms with E-state index in [0.29, 0.717) is 17.9 Å². The van der Waals surface area contributed by atoms with Crippen LogP contribution in [0, 0.1) is 11.3 Å². The molecule has 0 amide bonds. The van der Waals surface area contributed by atoms with Gasteiger partial charge >= 0.3 is 7.48 Å². The Kier molecular flexibility index (Phi) is 3.19. The molecule has 3 aromatic rings. The van der Waals surface area contributed by atoms with Gasteiger partial charge in [-0.2, -0.15) is 5.26 Å². The van der Waals surface area contributed by atoms with Gasteiger partial charge in [-0.25, -0.2) is 9.97 Å². The molecule has 0 unspecified atom stereocenters. The van der Waals surface area contributed by atoms with Gasteiger partial charge in [0.15, 0.2) is 5.65 Å². The Labute approximate surface area is 116 Å². The highest BCUT2D eigenvalue weighted by molar-refractivity contribution is 6.45. The van der Waals surface area contributed by atoms with Crippen molar-refractivity contribution in [3.8, 4) is 6.07 Å². The second-order valence-electron chi connectivity index (χ2n) is 4.50. The highest BCUT2D eigenvalue weighted by Crippen LogP contribution is 2.13. The fraction of sp³-hybridized carbons (Fsp3) is 0.0714. The van der Waals surface area contributed by atoms with Gasteiger partial charge in [0.25, 0.3) is 0 Å². The lowest BCUT2D eigenvalue weighted by molar-refractivity contribution is 0.615. The molecular formula is C14H11BN4O. The molecule has 0 saturated heterocycles. The summed E-state index contributed by atoms with van der Waals surface area (Å²) in [6, 6.07) is 13.3. The van der Waals surface area contributed by atoms with Gasteiger partial charge in [0.2, 0.25) is 0 Å². The first-order chi connectivity index (χ1) is 9.80. The molecule has 0 aliphatic heterocycles. The highest BCUT2D eigenvalue weighted by atomic mass is 16.2. The van der Waals surface area contributed by atoms with Crippen molar-refractivity contribution < 1.29 is 5.02 Å². The molecule has 1 N–H and O–H groups in total. The molecule has 0 radical (unpaired) electrons. The normalized spacial score (nSPS) is 10.4. The molecular weight excluding hydrogens is 251 g/mol. The molecule has 0 atom stereocenters. The van der Waals surface area contributed by atoms with Gasteiger partial charge in [-0.15, -0.1) is 0 Å². The van der Waals surface area contributed by atoms with Crippen molar-refractivity contribution in [1.82, 2.24) is 14.5 Å². The van der Waals surface area contributed by atoms with Gasteiger partial charge in [-0.1, -0.05) is 29.7 Å². The fourth-order valence-corrected chi connectivity index (χ4v) is 2.08. The molecule has 96 valence electrons. The number of nitriles is 1. The topological polar surface area (TPSA) is 74.7 Å². The summed E-state index contributed by atoms with van der Waals surface area (Å²) in [5.41, 5.74) is 3.86. The van der Waals surface area contributed by atoms with E-state index < -0.39 is 0 Å². The Bertz CT molecular complexity index is 789. The summed E-state index contributed by atoms with van der Waals surface area (Å²) in [7, 11) is 0.0507. The number of hydrogen-bond donors (Lipinski definition) is 1. The monoisotopic (exact) mass is 262 g/mol. The summed E-state index contributed by atoms with van der Waals surface area (Å²) in [6.07, 6.45) is 1.72. The first-order valence-corrected chi connectivity index (χ1v) is 6.21. The third kappa shape index (κ3) is 2.27. The molecule has 0 aliphatic rings. The van der Waals surface area contributed by atoms with Crippen LogP contribution in [-0.2, 0) is 6.54 Å². The molecule has 0 aliphatic carbocycles. The lowest BCUT2D eigenvalue weighted by Crippen LogP contribution is -2.12. The van der Waals surface area contributed by atoms with Gasteiger partial charge in [0.05, 0.1) is 11.8 Å². The van der Waals surface area contributed by atoms with Gasteiger partial charge in [0, 0.05) is 6.54 Å². The van der Waals surface area contributed by atoms with Crippen molar-refractivity contribution in [2.45, 2.75) is 6.54 Å². The molecule has 0 bridgehead atoms. The quantitative estimate of drug-likeness (QED) is 0.690. The molecule has 3 rings (SSSR count). The van der Waals surface area contributed by atoms with Crippen LogP contribution in [0.4, 0.5) is 0 Å². The van der Waals surface area contributed by atoms with Crippen LogP contribution in [0.5, 0.6) is 0 Å². The highest BCUT2D eigenvalue weighted by Gasteiger charge is 2.05. The first kappa shape index (κ1) is 12.4. The Morgan fingerprint density at radius 2 is 2.00 bits per heavy atom. The minimum absolute atomic E-state index is 0.0507. The lowest BCUT2D eigenvalue weighted by Gasteiger charge is -2.05. The zero-order valence-electron chi connectivity index (χ0n) is 10.7. The van der Waals surface area contributed by atoms with E-state index in [1.807, 2.05) is 41.0 Å². The van der Waals surface area contributed by atoms with E-state index in [1.165, 1.54) is 0 Å². The number of imidazole rings is 1. The van der Waals surface area contributed by atoms with E-state index in [2.05, 4.69) is 9.97 Å². The average molecular weight is 262 g/mol. The second-order valence-corrected chi connectivity index (χ2v) is 4.50. The number of fused-ring (bicyclic) bond motifs is 1. The van der Waals surface area contributed by atoms with Gasteiger partial charge in [-0.05, 0) is 17.7 Å². The summed E-state index contributed by atoms with van der Waals surface area (Å²) >= 11 is 0. The molecule has 2 heterocycles. The lowest BCUT2D eigenvalue weighted by atomic mass is 9.88. The number of aromatic nitrogens is 3. The molecule has 20 heavy (non-hydrogen) atoms. The molecule has 2 aromatic heterocycles. The van der Waals surface area contributed by atoms with Gasteiger partial charge in [0.1, 0.15) is 11.8 Å². The molecule has 0 saturated carbocycles. The third-order valence-electron chi connectivity index (χ3n) is 3.16. The number of rotatable bonds is 3. The number of benzene rings is 1. The van der Waals surface area contributed by atoms with E-state index in [-0.39, 0.29) is 7.48 Å². The van der Waals surface area contributed by atoms with Crippen LogP contribution in [0.3, 0.4) is 0 Å². The van der Waals surface area contributed by atoms with Gasteiger partial charge < -0.3 is 9.59 Å². The van der Waals surface area contributed by atoms with Crippen molar-refractivity contribution in [2.75, 3.05) is 0 Å². The first-order valence-electron chi connectivity index (χ1n) is 6.21. The molecule has 5 nitrogen and oxygen atoms in total. The summed E-state index contributed by atoms with van der Waals surface area (Å²) in [5, 5.41) is 17.8. The minimum atomic E-state index is 0.0507. The maximum Gasteiger partial charge on any atom is 0.304 e. The Morgan fingerprint density at radius 3 is 2.70 bits per heavy atom. The molecule has 6 heteroatoms. The SMILES string of the molecule is N#Cc1ccc2c(ncn2Cc2ccc(BO)cc2)n1. The van der Waals surface area contributed by atoms with Crippen LogP contribution < -0.4 is 5.46 Å².